The van der Waals surface area contributed by atoms with Crippen molar-refractivity contribution in [2.75, 3.05) is 0 Å². The fourth-order valence-electron chi connectivity index (χ4n) is 3.16. The zero-order valence-electron chi connectivity index (χ0n) is 14.3. The van der Waals surface area contributed by atoms with Crippen molar-refractivity contribution in [3.05, 3.63) is 113 Å². The molecule has 0 amide bonds. The smallest absolute Gasteiger partial charge is 0.344 e. The van der Waals surface area contributed by atoms with Gasteiger partial charge < -0.3 is 4.42 Å². The van der Waals surface area contributed by atoms with Crippen molar-refractivity contribution < 1.29 is 4.42 Å². The molecule has 0 aliphatic rings. The van der Waals surface area contributed by atoms with Crippen LogP contribution in [-0.2, 0) is 6.42 Å². The lowest BCUT2D eigenvalue weighted by atomic mass is 9.98. The first kappa shape index (κ1) is 16.1. The molecule has 2 heteroatoms. The topological polar surface area (TPSA) is 30.2 Å². The van der Waals surface area contributed by atoms with Crippen LogP contribution in [-0.4, -0.2) is 0 Å². The van der Waals surface area contributed by atoms with E-state index >= 15 is 0 Å². The largest absolute Gasteiger partial charge is 0.422 e. The van der Waals surface area contributed by atoms with Gasteiger partial charge in [0.25, 0.3) is 0 Å². The van der Waals surface area contributed by atoms with Crippen molar-refractivity contribution in [2.45, 2.75) is 6.42 Å². The summed E-state index contributed by atoms with van der Waals surface area (Å²) in [7, 11) is 0. The molecule has 0 saturated heterocycles. The Morgan fingerprint density at radius 1 is 0.731 bits per heavy atom. The van der Waals surface area contributed by atoms with E-state index in [2.05, 4.69) is 24.3 Å². The summed E-state index contributed by atoms with van der Waals surface area (Å²) in [5, 5.41) is 1.57. The standard InChI is InChI=1S/C24H18O2/c25-24-22-16-8-7-15-20(22)21(17-9-12-18-10-3-1-4-11-18)23(26-24)19-13-5-2-6-14-19/h1-16H,17H2/b12-9+. The van der Waals surface area contributed by atoms with Crippen LogP contribution in [0.1, 0.15) is 11.1 Å². The number of benzene rings is 3. The van der Waals surface area contributed by atoms with E-state index < -0.39 is 0 Å². The van der Waals surface area contributed by atoms with Gasteiger partial charge in [0.05, 0.1) is 5.39 Å². The Bertz CT molecular complexity index is 1110. The van der Waals surface area contributed by atoms with Crippen molar-refractivity contribution in [3.63, 3.8) is 0 Å². The van der Waals surface area contributed by atoms with E-state index in [1.54, 1.807) is 0 Å². The van der Waals surface area contributed by atoms with Gasteiger partial charge in [-0.05, 0) is 23.4 Å². The van der Waals surface area contributed by atoms with E-state index in [1.807, 2.05) is 72.8 Å². The molecule has 0 spiro atoms. The van der Waals surface area contributed by atoms with Crippen LogP contribution in [0.2, 0.25) is 0 Å². The third-order valence-electron chi connectivity index (χ3n) is 4.41. The highest BCUT2D eigenvalue weighted by Crippen LogP contribution is 2.29. The Morgan fingerprint density at radius 3 is 2.08 bits per heavy atom. The molecule has 1 aromatic heterocycles. The summed E-state index contributed by atoms with van der Waals surface area (Å²) in [5.74, 6) is 0.645. The average Bonchev–Trinajstić information content (AvgIpc) is 2.71. The Balaban J connectivity index is 1.84. The van der Waals surface area contributed by atoms with Gasteiger partial charge in [0.15, 0.2) is 0 Å². The van der Waals surface area contributed by atoms with Gasteiger partial charge in [-0.15, -0.1) is 0 Å². The van der Waals surface area contributed by atoms with Crippen molar-refractivity contribution >= 4 is 16.8 Å². The van der Waals surface area contributed by atoms with E-state index in [-0.39, 0.29) is 5.63 Å². The lowest BCUT2D eigenvalue weighted by Crippen LogP contribution is -2.04. The molecule has 0 N–H and O–H groups in total. The third-order valence-corrected chi connectivity index (χ3v) is 4.41. The summed E-state index contributed by atoms with van der Waals surface area (Å²) in [6.07, 6.45) is 4.89. The molecule has 0 bridgehead atoms. The van der Waals surface area contributed by atoms with Crippen molar-refractivity contribution in [1.82, 2.24) is 0 Å². The maximum Gasteiger partial charge on any atom is 0.344 e. The van der Waals surface area contributed by atoms with Crippen LogP contribution in [0.15, 0.2) is 100 Å². The lowest BCUT2D eigenvalue weighted by Gasteiger charge is -2.10. The van der Waals surface area contributed by atoms with Crippen molar-refractivity contribution in [3.8, 4) is 11.3 Å². The monoisotopic (exact) mass is 338 g/mol. The van der Waals surface area contributed by atoms with Gasteiger partial charge in [0, 0.05) is 11.1 Å². The normalized spacial score (nSPS) is 11.2. The van der Waals surface area contributed by atoms with Gasteiger partial charge in [-0.1, -0.05) is 91.0 Å². The SMILES string of the molecule is O=c1oc(-c2ccccc2)c(C/C=C/c2ccccc2)c2ccccc12. The molecule has 0 radical (unpaired) electrons. The highest BCUT2D eigenvalue weighted by atomic mass is 16.4. The molecule has 26 heavy (non-hydrogen) atoms. The van der Waals surface area contributed by atoms with Crippen LogP contribution in [0.5, 0.6) is 0 Å². The molecule has 0 aliphatic carbocycles. The fraction of sp³-hybridized carbons (Fsp3) is 0.0417. The van der Waals surface area contributed by atoms with Crippen molar-refractivity contribution in [2.24, 2.45) is 0 Å². The minimum atomic E-state index is -0.296. The second-order valence-electron chi connectivity index (χ2n) is 6.13. The molecule has 0 aliphatic heterocycles. The number of hydrogen-bond donors (Lipinski definition) is 0. The van der Waals surface area contributed by atoms with E-state index in [0.29, 0.717) is 17.6 Å². The van der Waals surface area contributed by atoms with Crippen LogP contribution in [0.25, 0.3) is 28.2 Å². The maximum absolute atomic E-state index is 12.4. The fourth-order valence-corrected chi connectivity index (χ4v) is 3.16. The minimum absolute atomic E-state index is 0.296. The summed E-state index contributed by atoms with van der Waals surface area (Å²) in [4.78, 5) is 12.4. The minimum Gasteiger partial charge on any atom is -0.422 e. The second-order valence-corrected chi connectivity index (χ2v) is 6.13. The lowest BCUT2D eigenvalue weighted by molar-refractivity contribution is 0.530. The van der Waals surface area contributed by atoms with Gasteiger partial charge in [-0.25, -0.2) is 4.79 Å². The molecule has 4 aromatic rings. The van der Waals surface area contributed by atoms with Gasteiger partial charge in [-0.2, -0.15) is 0 Å². The van der Waals surface area contributed by atoms with Gasteiger partial charge in [0.1, 0.15) is 5.76 Å². The predicted molar refractivity (Wildman–Crippen MR) is 107 cm³/mol. The first-order valence-electron chi connectivity index (χ1n) is 8.64. The van der Waals surface area contributed by atoms with Crippen molar-refractivity contribution in [1.29, 1.82) is 0 Å². The zero-order valence-corrected chi connectivity index (χ0v) is 14.3. The Labute approximate surface area is 152 Å². The second kappa shape index (κ2) is 7.24. The summed E-state index contributed by atoms with van der Waals surface area (Å²) in [6, 6.07) is 27.6. The molecule has 0 atom stereocenters. The highest BCUT2D eigenvalue weighted by Gasteiger charge is 2.14. The van der Waals surface area contributed by atoms with Crippen LogP contribution in [0.3, 0.4) is 0 Å². The van der Waals surface area contributed by atoms with E-state index in [9.17, 15) is 4.79 Å². The number of fused-ring (bicyclic) bond motifs is 1. The Hall–Kier alpha value is -3.39. The average molecular weight is 338 g/mol. The first-order chi connectivity index (χ1) is 12.8. The van der Waals surface area contributed by atoms with Crippen LogP contribution >= 0.6 is 0 Å². The molecular weight excluding hydrogens is 320 g/mol. The van der Waals surface area contributed by atoms with Crippen LogP contribution < -0.4 is 5.63 Å². The molecule has 0 saturated carbocycles. The molecule has 0 unspecified atom stereocenters. The first-order valence-corrected chi connectivity index (χ1v) is 8.64. The van der Waals surface area contributed by atoms with Gasteiger partial charge >= 0.3 is 5.63 Å². The van der Waals surface area contributed by atoms with Crippen LogP contribution in [0, 0.1) is 0 Å². The summed E-state index contributed by atoms with van der Waals surface area (Å²) >= 11 is 0. The molecule has 3 aromatic carbocycles. The quantitative estimate of drug-likeness (QED) is 0.477. The zero-order chi connectivity index (χ0) is 17.8. The predicted octanol–water partition coefficient (Wildman–Crippen LogP) is 5.72. The number of hydrogen-bond acceptors (Lipinski definition) is 2. The van der Waals surface area contributed by atoms with Gasteiger partial charge in [0.2, 0.25) is 0 Å². The Kier molecular flexibility index (Phi) is 4.48. The van der Waals surface area contributed by atoms with E-state index in [4.69, 9.17) is 4.42 Å². The molecule has 0 fully saturated rings. The maximum atomic E-state index is 12.4. The number of rotatable bonds is 4. The molecule has 2 nitrogen and oxygen atoms in total. The highest BCUT2D eigenvalue weighted by molar-refractivity contribution is 5.88. The number of allylic oxidation sites excluding steroid dienone is 1. The Morgan fingerprint density at radius 2 is 1.35 bits per heavy atom. The molecule has 1 heterocycles. The van der Waals surface area contributed by atoms with E-state index in [0.717, 1.165) is 22.1 Å². The third kappa shape index (κ3) is 3.22. The molecule has 4 rings (SSSR count). The molecular formula is C24H18O2. The summed E-state index contributed by atoms with van der Waals surface area (Å²) in [5.41, 5.74) is 2.79. The molecule has 126 valence electrons. The van der Waals surface area contributed by atoms with Gasteiger partial charge in [-0.3, -0.25) is 0 Å². The summed E-state index contributed by atoms with van der Waals surface area (Å²) < 4.78 is 5.72. The van der Waals surface area contributed by atoms with E-state index in [1.165, 1.54) is 0 Å². The van der Waals surface area contributed by atoms with Crippen LogP contribution in [0.4, 0.5) is 0 Å². The summed E-state index contributed by atoms with van der Waals surface area (Å²) in [6.45, 7) is 0.